The molecule has 156 valence electrons. The SMILES string of the molecule is COc1cccc(C(=O)N[C@H](C)[C@H]2CC[C@H](c3ccnc4ccc(F)cc43)CC2)c1. The van der Waals surface area contributed by atoms with Crippen molar-refractivity contribution in [2.45, 2.75) is 44.6 Å². The molecule has 5 heteroatoms. The van der Waals surface area contributed by atoms with Gasteiger partial charge in [-0.25, -0.2) is 4.39 Å². The van der Waals surface area contributed by atoms with E-state index in [1.807, 2.05) is 24.4 Å². The lowest BCUT2D eigenvalue weighted by Crippen LogP contribution is -2.39. The summed E-state index contributed by atoms with van der Waals surface area (Å²) in [5.41, 5.74) is 2.64. The fourth-order valence-electron chi connectivity index (χ4n) is 4.60. The number of nitrogens with one attached hydrogen (secondary N) is 1. The molecule has 30 heavy (non-hydrogen) atoms. The molecule has 3 aromatic rings. The summed E-state index contributed by atoms with van der Waals surface area (Å²) in [5.74, 6) is 1.21. The number of nitrogens with zero attached hydrogens (tertiary/aromatic N) is 1. The van der Waals surface area contributed by atoms with Crippen molar-refractivity contribution < 1.29 is 13.9 Å². The standard InChI is InChI=1S/C25H27FN2O2/c1-16(28-25(29)19-4-3-5-21(14-19)30-2)17-6-8-18(9-7-17)22-12-13-27-24-11-10-20(26)15-23(22)24/h3-5,10-18H,6-9H2,1-2H3,(H,28,29)/t16-,17-,18-/m1/s1. The first kappa shape index (κ1) is 20.3. The molecule has 1 amide bonds. The van der Waals surface area contributed by atoms with Gasteiger partial charge in [-0.15, -0.1) is 0 Å². The Morgan fingerprint density at radius 3 is 2.70 bits per heavy atom. The van der Waals surface area contributed by atoms with Crippen LogP contribution >= 0.6 is 0 Å². The van der Waals surface area contributed by atoms with Gasteiger partial charge in [-0.2, -0.15) is 0 Å². The molecule has 2 aromatic carbocycles. The Balaban J connectivity index is 1.40. The van der Waals surface area contributed by atoms with Crippen LogP contribution in [0.1, 0.15) is 54.4 Å². The molecule has 1 atom stereocenters. The summed E-state index contributed by atoms with van der Waals surface area (Å²) < 4.78 is 19.0. The monoisotopic (exact) mass is 406 g/mol. The number of hydrogen-bond donors (Lipinski definition) is 1. The minimum absolute atomic E-state index is 0.0703. The minimum Gasteiger partial charge on any atom is -0.497 e. The van der Waals surface area contributed by atoms with Crippen LogP contribution in [0.4, 0.5) is 4.39 Å². The van der Waals surface area contributed by atoms with E-state index in [0.717, 1.165) is 36.6 Å². The van der Waals surface area contributed by atoms with Crippen LogP contribution < -0.4 is 10.1 Å². The lowest BCUT2D eigenvalue weighted by molar-refractivity contribution is 0.0917. The van der Waals surface area contributed by atoms with Crippen molar-refractivity contribution in [2.24, 2.45) is 5.92 Å². The van der Waals surface area contributed by atoms with Crippen LogP contribution in [0, 0.1) is 11.7 Å². The maximum absolute atomic E-state index is 13.8. The number of carbonyl (C=O) groups excluding carboxylic acids is 1. The van der Waals surface area contributed by atoms with E-state index in [-0.39, 0.29) is 17.8 Å². The quantitative estimate of drug-likeness (QED) is 0.611. The van der Waals surface area contributed by atoms with Gasteiger partial charge in [0.05, 0.1) is 12.6 Å². The molecular formula is C25H27FN2O2. The smallest absolute Gasteiger partial charge is 0.251 e. The van der Waals surface area contributed by atoms with Crippen molar-refractivity contribution >= 4 is 16.8 Å². The molecule has 0 bridgehead atoms. The number of amides is 1. The van der Waals surface area contributed by atoms with E-state index in [4.69, 9.17) is 4.74 Å². The molecule has 0 radical (unpaired) electrons. The normalized spacial score (nSPS) is 20.0. The van der Waals surface area contributed by atoms with E-state index in [0.29, 0.717) is 23.1 Å². The number of fused-ring (bicyclic) bond motifs is 1. The number of hydrogen-bond acceptors (Lipinski definition) is 3. The number of pyridine rings is 1. The van der Waals surface area contributed by atoms with Crippen molar-refractivity contribution in [2.75, 3.05) is 7.11 Å². The summed E-state index contributed by atoms with van der Waals surface area (Å²) in [5, 5.41) is 4.07. The molecule has 0 unspecified atom stereocenters. The number of halogens is 1. The van der Waals surface area contributed by atoms with E-state index < -0.39 is 0 Å². The Kier molecular flexibility index (Phi) is 5.98. The third-order valence-corrected chi connectivity index (χ3v) is 6.35. The average molecular weight is 407 g/mol. The number of methoxy groups -OCH3 is 1. The molecule has 1 aliphatic rings. The fourth-order valence-corrected chi connectivity index (χ4v) is 4.60. The second-order valence-corrected chi connectivity index (χ2v) is 8.17. The second-order valence-electron chi connectivity index (χ2n) is 8.17. The van der Waals surface area contributed by atoms with Crippen LogP contribution in [-0.2, 0) is 0 Å². The molecule has 0 saturated heterocycles. The predicted molar refractivity (Wildman–Crippen MR) is 116 cm³/mol. The maximum Gasteiger partial charge on any atom is 0.251 e. The maximum atomic E-state index is 13.8. The van der Waals surface area contributed by atoms with E-state index in [1.54, 1.807) is 31.4 Å². The summed E-state index contributed by atoms with van der Waals surface area (Å²) in [6.07, 6.45) is 5.94. The van der Waals surface area contributed by atoms with Crippen LogP contribution in [0.3, 0.4) is 0 Å². The lowest BCUT2D eigenvalue weighted by Gasteiger charge is -2.33. The predicted octanol–water partition coefficient (Wildman–Crippen LogP) is 5.47. The highest BCUT2D eigenvalue weighted by atomic mass is 19.1. The Morgan fingerprint density at radius 1 is 1.13 bits per heavy atom. The Labute approximate surface area is 176 Å². The molecule has 1 N–H and O–H groups in total. The third-order valence-electron chi connectivity index (χ3n) is 6.35. The zero-order chi connectivity index (χ0) is 21.1. The summed E-state index contributed by atoms with van der Waals surface area (Å²) >= 11 is 0. The van der Waals surface area contributed by atoms with Crippen molar-refractivity contribution in [1.82, 2.24) is 10.3 Å². The summed E-state index contributed by atoms with van der Waals surface area (Å²) in [6.45, 7) is 2.08. The van der Waals surface area contributed by atoms with Gasteiger partial charge >= 0.3 is 0 Å². The highest BCUT2D eigenvalue weighted by molar-refractivity contribution is 5.94. The number of aromatic nitrogens is 1. The average Bonchev–Trinajstić information content (AvgIpc) is 2.78. The number of rotatable bonds is 5. The van der Waals surface area contributed by atoms with Gasteiger partial charge in [0.25, 0.3) is 5.91 Å². The second kappa shape index (κ2) is 8.82. The van der Waals surface area contributed by atoms with E-state index >= 15 is 0 Å². The largest absolute Gasteiger partial charge is 0.497 e. The van der Waals surface area contributed by atoms with Crippen LogP contribution in [0.5, 0.6) is 5.75 Å². The summed E-state index contributed by atoms with van der Waals surface area (Å²) in [6, 6.07) is 14.1. The van der Waals surface area contributed by atoms with Crippen LogP contribution in [-0.4, -0.2) is 24.0 Å². The Bertz CT molecular complexity index is 1040. The molecule has 1 fully saturated rings. The first-order valence-electron chi connectivity index (χ1n) is 10.5. The topological polar surface area (TPSA) is 51.2 Å². The molecule has 4 nitrogen and oxygen atoms in total. The number of benzene rings is 2. The number of carbonyl (C=O) groups is 1. The minimum atomic E-state index is -0.223. The van der Waals surface area contributed by atoms with Gasteiger partial charge in [-0.05, 0) is 92.5 Å². The van der Waals surface area contributed by atoms with Crippen molar-refractivity contribution in [3.8, 4) is 5.75 Å². The molecule has 1 aliphatic carbocycles. The van der Waals surface area contributed by atoms with Crippen molar-refractivity contribution in [1.29, 1.82) is 0 Å². The van der Waals surface area contributed by atoms with Gasteiger partial charge in [0.1, 0.15) is 11.6 Å². The zero-order valence-electron chi connectivity index (χ0n) is 17.4. The van der Waals surface area contributed by atoms with Crippen molar-refractivity contribution in [3.63, 3.8) is 0 Å². The van der Waals surface area contributed by atoms with E-state index in [2.05, 4.69) is 17.2 Å². The molecule has 1 saturated carbocycles. The van der Waals surface area contributed by atoms with Gasteiger partial charge < -0.3 is 10.1 Å². The fraction of sp³-hybridized carbons (Fsp3) is 0.360. The Hall–Kier alpha value is -2.95. The third kappa shape index (κ3) is 4.30. The van der Waals surface area contributed by atoms with Crippen LogP contribution in [0.2, 0.25) is 0 Å². The molecule has 0 spiro atoms. The zero-order valence-corrected chi connectivity index (χ0v) is 17.4. The van der Waals surface area contributed by atoms with E-state index in [1.165, 1.54) is 11.6 Å². The van der Waals surface area contributed by atoms with E-state index in [9.17, 15) is 9.18 Å². The van der Waals surface area contributed by atoms with Gasteiger partial charge in [0.2, 0.25) is 0 Å². The van der Waals surface area contributed by atoms with Gasteiger partial charge in [-0.3, -0.25) is 9.78 Å². The molecular weight excluding hydrogens is 379 g/mol. The number of ether oxygens (including phenoxy) is 1. The molecule has 0 aliphatic heterocycles. The lowest BCUT2D eigenvalue weighted by atomic mass is 9.75. The van der Waals surface area contributed by atoms with Crippen LogP contribution in [0.15, 0.2) is 54.7 Å². The molecule has 1 heterocycles. The Morgan fingerprint density at radius 2 is 1.93 bits per heavy atom. The molecule has 4 rings (SSSR count). The highest BCUT2D eigenvalue weighted by Crippen LogP contribution is 2.39. The van der Waals surface area contributed by atoms with Gasteiger partial charge in [0.15, 0.2) is 0 Å². The first-order valence-corrected chi connectivity index (χ1v) is 10.5. The van der Waals surface area contributed by atoms with Crippen LogP contribution in [0.25, 0.3) is 10.9 Å². The van der Waals surface area contributed by atoms with Crippen molar-refractivity contribution in [3.05, 3.63) is 71.7 Å². The summed E-state index contributed by atoms with van der Waals surface area (Å²) in [7, 11) is 1.60. The van der Waals surface area contributed by atoms with Gasteiger partial charge in [0, 0.05) is 23.2 Å². The molecule has 1 aromatic heterocycles. The van der Waals surface area contributed by atoms with Gasteiger partial charge in [-0.1, -0.05) is 6.07 Å². The summed E-state index contributed by atoms with van der Waals surface area (Å²) in [4.78, 5) is 17.0. The first-order chi connectivity index (χ1) is 14.5. The highest BCUT2D eigenvalue weighted by Gasteiger charge is 2.28.